The Balaban J connectivity index is 2.54. The lowest BCUT2D eigenvalue weighted by atomic mass is 10.3. The normalized spacial score (nSPS) is 11.0. The van der Waals surface area contributed by atoms with Crippen LogP contribution in [0.4, 0.5) is 5.69 Å². The number of carbonyl (C=O) groups is 2. The number of sulfonamides is 1. The zero-order chi connectivity index (χ0) is 15.9. The van der Waals surface area contributed by atoms with Gasteiger partial charge in [0.1, 0.15) is 0 Å². The molecule has 116 valence electrons. The molecule has 0 saturated heterocycles. The van der Waals surface area contributed by atoms with E-state index in [1.165, 1.54) is 38.1 Å². The lowest BCUT2D eigenvalue weighted by Gasteiger charge is -2.08. The summed E-state index contributed by atoms with van der Waals surface area (Å²) in [5, 5.41) is 5.14. The average Bonchev–Trinajstić information content (AvgIpc) is 2.37. The highest BCUT2D eigenvalue weighted by Crippen LogP contribution is 2.13. The predicted octanol–water partition coefficient (Wildman–Crippen LogP) is 0.449. The largest absolute Gasteiger partial charge is 0.356 e. The maximum Gasteiger partial charge on any atom is 0.240 e. The molecule has 1 aromatic carbocycles. The molecule has 0 aromatic heterocycles. The summed E-state index contributed by atoms with van der Waals surface area (Å²) in [5.74, 6) is -0.367. The summed E-state index contributed by atoms with van der Waals surface area (Å²) in [7, 11) is -3.58. The Bertz CT molecular complexity index is 596. The van der Waals surface area contributed by atoms with Gasteiger partial charge in [0.2, 0.25) is 21.8 Å². The Morgan fingerprint density at radius 2 is 1.62 bits per heavy atom. The second-order valence-electron chi connectivity index (χ2n) is 4.44. The number of rotatable bonds is 7. The van der Waals surface area contributed by atoms with E-state index < -0.39 is 10.0 Å². The molecule has 21 heavy (non-hydrogen) atoms. The number of carbonyl (C=O) groups excluding carboxylic acids is 2. The summed E-state index contributed by atoms with van der Waals surface area (Å²) < 4.78 is 26.4. The van der Waals surface area contributed by atoms with Crippen molar-refractivity contribution in [2.45, 2.75) is 25.2 Å². The summed E-state index contributed by atoms with van der Waals surface area (Å²) in [4.78, 5) is 21.6. The van der Waals surface area contributed by atoms with Gasteiger partial charge in [-0.05, 0) is 30.7 Å². The number of benzene rings is 1. The van der Waals surface area contributed by atoms with Crippen molar-refractivity contribution in [3.8, 4) is 0 Å². The van der Waals surface area contributed by atoms with E-state index in [1.54, 1.807) is 0 Å². The van der Waals surface area contributed by atoms with Gasteiger partial charge in [-0.2, -0.15) is 0 Å². The first-order valence-electron chi connectivity index (χ1n) is 6.43. The highest BCUT2D eigenvalue weighted by molar-refractivity contribution is 7.89. The van der Waals surface area contributed by atoms with Crippen LogP contribution in [0.25, 0.3) is 0 Å². The Labute approximate surface area is 124 Å². The average molecular weight is 313 g/mol. The number of anilines is 1. The quantitative estimate of drug-likeness (QED) is 0.636. The Morgan fingerprint density at radius 1 is 1.00 bits per heavy atom. The van der Waals surface area contributed by atoms with E-state index >= 15 is 0 Å². The molecule has 1 rings (SSSR count). The molecule has 1 aromatic rings. The molecule has 0 saturated carbocycles. The van der Waals surface area contributed by atoms with Crippen molar-refractivity contribution < 1.29 is 18.0 Å². The second-order valence-corrected chi connectivity index (χ2v) is 6.21. The fourth-order valence-electron chi connectivity index (χ4n) is 1.56. The van der Waals surface area contributed by atoms with Gasteiger partial charge in [-0.15, -0.1) is 0 Å². The van der Waals surface area contributed by atoms with Crippen LogP contribution in [0.15, 0.2) is 29.2 Å². The number of nitrogens with one attached hydrogen (secondary N) is 3. The van der Waals surface area contributed by atoms with Crippen LogP contribution in [0, 0.1) is 0 Å². The first-order valence-corrected chi connectivity index (χ1v) is 7.91. The molecular weight excluding hydrogens is 294 g/mol. The first-order chi connectivity index (χ1) is 9.81. The van der Waals surface area contributed by atoms with Crippen LogP contribution in [0.1, 0.15) is 20.3 Å². The second kappa shape index (κ2) is 7.75. The van der Waals surface area contributed by atoms with Gasteiger partial charge in [0.05, 0.1) is 4.90 Å². The minimum atomic E-state index is -3.58. The highest BCUT2D eigenvalue weighted by atomic mass is 32.2. The molecule has 8 heteroatoms. The van der Waals surface area contributed by atoms with Crippen LogP contribution in [-0.2, 0) is 19.6 Å². The maximum atomic E-state index is 12.0. The molecular formula is C13H19N3O4S. The van der Waals surface area contributed by atoms with Gasteiger partial charge in [-0.3, -0.25) is 9.59 Å². The van der Waals surface area contributed by atoms with E-state index in [1.807, 2.05) is 0 Å². The van der Waals surface area contributed by atoms with E-state index in [9.17, 15) is 18.0 Å². The summed E-state index contributed by atoms with van der Waals surface area (Å²) >= 11 is 0. The zero-order valence-corrected chi connectivity index (χ0v) is 12.8. The van der Waals surface area contributed by atoms with Crippen molar-refractivity contribution in [3.05, 3.63) is 24.3 Å². The van der Waals surface area contributed by atoms with Crippen LogP contribution >= 0.6 is 0 Å². The van der Waals surface area contributed by atoms with Crippen molar-refractivity contribution in [1.29, 1.82) is 0 Å². The van der Waals surface area contributed by atoms with Gasteiger partial charge >= 0.3 is 0 Å². The molecule has 0 fully saturated rings. The Kier molecular flexibility index (Phi) is 6.32. The molecule has 7 nitrogen and oxygen atoms in total. The van der Waals surface area contributed by atoms with Crippen molar-refractivity contribution in [2.75, 3.05) is 18.4 Å². The molecule has 0 atom stereocenters. The lowest BCUT2D eigenvalue weighted by molar-refractivity contribution is -0.119. The van der Waals surface area contributed by atoms with Crippen LogP contribution in [0.2, 0.25) is 0 Å². The van der Waals surface area contributed by atoms with Crippen molar-refractivity contribution in [3.63, 3.8) is 0 Å². The van der Waals surface area contributed by atoms with Crippen LogP contribution in [0.5, 0.6) is 0 Å². The zero-order valence-electron chi connectivity index (χ0n) is 12.0. The van der Waals surface area contributed by atoms with Gasteiger partial charge in [-0.1, -0.05) is 0 Å². The Morgan fingerprint density at radius 3 is 2.14 bits per heavy atom. The molecule has 2 amide bonds. The van der Waals surface area contributed by atoms with Crippen molar-refractivity contribution in [1.82, 2.24) is 10.0 Å². The number of hydrogen-bond donors (Lipinski definition) is 3. The van der Waals surface area contributed by atoms with E-state index in [0.29, 0.717) is 18.7 Å². The summed E-state index contributed by atoms with van der Waals surface area (Å²) in [6, 6.07) is 5.88. The van der Waals surface area contributed by atoms with E-state index in [2.05, 4.69) is 15.4 Å². The standard InChI is InChI=1S/C13H19N3O4S/c1-10(17)14-8-3-9-15-21(19,20)13-6-4-12(5-7-13)16-11(2)18/h4-7,15H,3,8-9H2,1-2H3,(H,14,17)(H,16,18). The molecule has 0 aliphatic carbocycles. The van der Waals surface area contributed by atoms with E-state index in [-0.39, 0.29) is 23.3 Å². The number of amides is 2. The maximum absolute atomic E-state index is 12.0. The van der Waals surface area contributed by atoms with E-state index in [4.69, 9.17) is 0 Å². The van der Waals surface area contributed by atoms with Gasteiger partial charge in [0, 0.05) is 32.6 Å². The summed E-state index contributed by atoms with van der Waals surface area (Å²) in [6.07, 6.45) is 0.503. The third-order valence-corrected chi connectivity index (χ3v) is 3.98. The first kappa shape index (κ1) is 17.1. The smallest absolute Gasteiger partial charge is 0.240 e. The fourth-order valence-corrected chi connectivity index (χ4v) is 2.64. The predicted molar refractivity (Wildman–Crippen MR) is 79.2 cm³/mol. The van der Waals surface area contributed by atoms with Crippen molar-refractivity contribution in [2.24, 2.45) is 0 Å². The fraction of sp³-hybridized carbons (Fsp3) is 0.385. The lowest BCUT2D eigenvalue weighted by Crippen LogP contribution is -2.28. The molecule has 0 aliphatic heterocycles. The SMILES string of the molecule is CC(=O)NCCCNS(=O)(=O)c1ccc(NC(C)=O)cc1. The molecule has 0 unspecified atom stereocenters. The highest BCUT2D eigenvalue weighted by Gasteiger charge is 2.12. The van der Waals surface area contributed by atoms with Crippen LogP contribution in [-0.4, -0.2) is 33.3 Å². The summed E-state index contributed by atoms with van der Waals surface area (Å²) in [5.41, 5.74) is 0.534. The minimum absolute atomic E-state index is 0.121. The minimum Gasteiger partial charge on any atom is -0.356 e. The molecule has 3 N–H and O–H groups in total. The van der Waals surface area contributed by atoms with Gasteiger partial charge in [0.15, 0.2) is 0 Å². The number of hydrogen-bond acceptors (Lipinski definition) is 4. The molecule has 0 radical (unpaired) electrons. The molecule has 0 bridgehead atoms. The third kappa shape index (κ3) is 6.37. The van der Waals surface area contributed by atoms with E-state index in [0.717, 1.165) is 0 Å². The topological polar surface area (TPSA) is 104 Å². The third-order valence-electron chi connectivity index (χ3n) is 2.50. The van der Waals surface area contributed by atoms with Crippen molar-refractivity contribution >= 4 is 27.5 Å². The van der Waals surface area contributed by atoms with Gasteiger partial charge in [0.25, 0.3) is 0 Å². The monoisotopic (exact) mass is 313 g/mol. The molecule has 0 aliphatic rings. The van der Waals surface area contributed by atoms with Crippen LogP contribution < -0.4 is 15.4 Å². The van der Waals surface area contributed by atoms with Gasteiger partial charge in [-0.25, -0.2) is 13.1 Å². The van der Waals surface area contributed by atoms with Gasteiger partial charge < -0.3 is 10.6 Å². The molecule has 0 heterocycles. The van der Waals surface area contributed by atoms with Crippen LogP contribution in [0.3, 0.4) is 0 Å². The summed E-state index contributed by atoms with van der Waals surface area (Å²) in [6.45, 7) is 3.43. The molecule has 0 spiro atoms. The Hall–Kier alpha value is -1.93.